The van der Waals surface area contributed by atoms with Crippen LogP contribution in [0.2, 0.25) is 0 Å². The Labute approximate surface area is 92.5 Å². The minimum absolute atomic E-state index is 0.212. The summed E-state index contributed by atoms with van der Waals surface area (Å²) in [6.07, 6.45) is 3.09. The molecule has 0 unspecified atom stereocenters. The van der Waals surface area contributed by atoms with Crippen LogP contribution in [-0.4, -0.2) is 15.6 Å². The molecule has 0 aliphatic heterocycles. The first-order valence-corrected chi connectivity index (χ1v) is 4.87. The fraction of sp³-hybridized carbons (Fsp3) is 0.167. The van der Waals surface area contributed by atoms with E-state index in [1.165, 1.54) is 18.3 Å². The maximum Gasteiger partial charge on any atom is 0.196 e. The highest BCUT2D eigenvalue weighted by Crippen LogP contribution is 2.13. The fourth-order valence-electron chi connectivity index (χ4n) is 1.57. The molecule has 82 valence electrons. The van der Waals surface area contributed by atoms with Crippen LogP contribution in [0.1, 0.15) is 21.5 Å². The highest BCUT2D eigenvalue weighted by atomic mass is 19.1. The zero-order chi connectivity index (χ0) is 11.7. The van der Waals surface area contributed by atoms with E-state index < -0.39 is 5.82 Å². The van der Waals surface area contributed by atoms with Crippen LogP contribution in [0.3, 0.4) is 0 Å². The summed E-state index contributed by atoms with van der Waals surface area (Å²) in [5, 5.41) is 3.91. The lowest BCUT2D eigenvalue weighted by molar-refractivity contribution is 0.103. The lowest BCUT2D eigenvalue weighted by Gasteiger charge is -2.00. The Morgan fingerprint density at radius 1 is 1.31 bits per heavy atom. The van der Waals surface area contributed by atoms with Crippen molar-refractivity contribution in [3.8, 4) is 0 Å². The topological polar surface area (TPSA) is 34.9 Å². The lowest BCUT2D eigenvalue weighted by atomic mass is 10.0. The zero-order valence-corrected chi connectivity index (χ0v) is 9.07. The molecule has 0 N–H and O–H groups in total. The molecule has 1 heterocycles. The van der Waals surface area contributed by atoms with Crippen LogP contribution in [0.25, 0.3) is 0 Å². The van der Waals surface area contributed by atoms with E-state index in [0.717, 1.165) is 5.56 Å². The summed E-state index contributed by atoms with van der Waals surface area (Å²) in [6.45, 7) is 1.75. The fourth-order valence-corrected chi connectivity index (χ4v) is 1.57. The number of halogens is 1. The van der Waals surface area contributed by atoms with Crippen LogP contribution >= 0.6 is 0 Å². The molecule has 0 amide bonds. The molecular formula is C12H11FN2O. The van der Waals surface area contributed by atoms with Crippen LogP contribution in [0.15, 0.2) is 30.6 Å². The van der Waals surface area contributed by atoms with Gasteiger partial charge in [0.15, 0.2) is 5.78 Å². The number of nitrogens with zero attached hydrogens (tertiary/aromatic N) is 2. The molecule has 0 aliphatic carbocycles. The Bertz CT molecular complexity index is 525. The van der Waals surface area contributed by atoms with Gasteiger partial charge in [0.1, 0.15) is 5.82 Å². The average molecular weight is 218 g/mol. The molecule has 2 aromatic rings. The number of rotatable bonds is 2. The van der Waals surface area contributed by atoms with Crippen LogP contribution in [0.4, 0.5) is 4.39 Å². The van der Waals surface area contributed by atoms with Crippen LogP contribution in [0, 0.1) is 12.7 Å². The second kappa shape index (κ2) is 3.89. The zero-order valence-electron chi connectivity index (χ0n) is 9.07. The number of carbonyl (C=O) groups is 1. The minimum atomic E-state index is -0.396. The quantitative estimate of drug-likeness (QED) is 0.723. The Hall–Kier alpha value is -1.97. The van der Waals surface area contributed by atoms with E-state index in [9.17, 15) is 9.18 Å². The van der Waals surface area contributed by atoms with Gasteiger partial charge in [0.05, 0.1) is 11.8 Å². The molecule has 0 aliphatic rings. The van der Waals surface area contributed by atoms with Gasteiger partial charge in [-0.05, 0) is 30.7 Å². The summed E-state index contributed by atoms with van der Waals surface area (Å²) in [6, 6.07) is 4.29. The van der Waals surface area contributed by atoms with E-state index in [4.69, 9.17) is 0 Å². The van der Waals surface area contributed by atoms with Gasteiger partial charge in [0.2, 0.25) is 0 Å². The van der Waals surface area contributed by atoms with Crippen molar-refractivity contribution in [1.29, 1.82) is 0 Å². The molecule has 0 radical (unpaired) electrons. The molecule has 0 spiro atoms. The van der Waals surface area contributed by atoms with Crippen molar-refractivity contribution in [1.82, 2.24) is 9.78 Å². The smallest absolute Gasteiger partial charge is 0.196 e. The first-order chi connectivity index (χ1) is 7.56. The molecule has 0 atom stereocenters. The number of hydrogen-bond acceptors (Lipinski definition) is 2. The van der Waals surface area contributed by atoms with Gasteiger partial charge in [-0.3, -0.25) is 9.48 Å². The lowest BCUT2D eigenvalue weighted by Crippen LogP contribution is -2.01. The molecule has 0 bridgehead atoms. The Balaban J connectivity index is 2.41. The number of carbonyl (C=O) groups excluding carboxylic acids is 1. The maximum absolute atomic E-state index is 13.1. The SMILES string of the molecule is Cc1cc(F)cc(C(=O)c2cnn(C)c2)c1. The molecule has 0 saturated heterocycles. The molecule has 0 saturated carbocycles. The third-order valence-electron chi connectivity index (χ3n) is 2.27. The van der Waals surface area contributed by atoms with Crippen molar-refractivity contribution < 1.29 is 9.18 Å². The number of benzene rings is 1. The number of hydrogen-bond donors (Lipinski definition) is 0. The molecule has 3 nitrogen and oxygen atoms in total. The first kappa shape index (κ1) is 10.5. The predicted molar refractivity (Wildman–Crippen MR) is 57.8 cm³/mol. The third kappa shape index (κ3) is 2.00. The molecule has 4 heteroatoms. The van der Waals surface area contributed by atoms with Crippen LogP contribution < -0.4 is 0 Å². The van der Waals surface area contributed by atoms with E-state index in [0.29, 0.717) is 11.1 Å². The van der Waals surface area contributed by atoms with Gasteiger partial charge >= 0.3 is 0 Å². The van der Waals surface area contributed by atoms with Gasteiger partial charge in [0.25, 0.3) is 0 Å². The van der Waals surface area contributed by atoms with Crippen molar-refractivity contribution >= 4 is 5.78 Å². The van der Waals surface area contributed by atoms with Gasteiger partial charge in [-0.15, -0.1) is 0 Å². The highest BCUT2D eigenvalue weighted by Gasteiger charge is 2.12. The second-order valence-electron chi connectivity index (χ2n) is 3.75. The molecule has 1 aromatic heterocycles. The highest BCUT2D eigenvalue weighted by molar-refractivity contribution is 6.08. The van der Waals surface area contributed by atoms with Crippen molar-refractivity contribution in [3.05, 3.63) is 53.1 Å². The van der Waals surface area contributed by atoms with E-state index in [1.807, 2.05) is 0 Å². The monoisotopic (exact) mass is 218 g/mol. The normalized spacial score (nSPS) is 10.4. The van der Waals surface area contributed by atoms with E-state index >= 15 is 0 Å². The number of ketones is 1. The molecule has 2 rings (SSSR count). The minimum Gasteiger partial charge on any atom is -0.288 e. The van der Waals surface area contributed by atoms with Crippen LogP contribution in [-0.2, 0) is 7.05 Å². The Kier molecular flexibility index (Phi) is 2.56. The molecule has 0 fully saturated rings. The average Bonchev–Trinajstić information content (AvgIpc) is 2.62. The predicted octanol–water partition coefficient (Wildman–Crippen LogP) is 2.10. The number of aryl methyl sites for hydroxylation is 2. The van der Waals surface area contributed by atoms with Crippen molar-refractivity contribution in [2.24, 2.45) is 7.05 Å². The summed E-state index contributed by atoms with van der Waals surface area (Å²) in [4.78, 5) is 11.9. The summed E-state index contributed by atoms with van der Waals surface area (Å²) < 4.78 is 14.7. The summed E-state index contributed by atoms with van der Waals surface area (Å²) >= 11 is 0. The largest absolute Gasteiger partial charge is 0.288 e. The standard InChI is InChI=1S/C12H11FN2O/c1-8-3-9(5-11(13)4-8)12(16)10-6-14-15(2)7-10/h3-7H,1-2H3. The van der Waals surface area contributed by atoms with Gasteiger partial charge in [-0.25, -0.2) is 4.39 Å². The first-order valence-electron chi connectivity index (χ1n) is 4.87. The van der Waals surface area contributed by atoms with Crippen molar-refractivity contribution in [3.63, 3.8) is 0 Å². The van der Waals surface area contributed by atoms with Gasteiger partial charge < -0.3 is 0 Å². The van der Waals surface area contributed by atoms with Crippen molar-refractivity contribution in [2.75, 3.05) is 0 Å². The number of aromatic nitrogens is 2. The molecule has 1 aromatic carbocycles. The Morgan fingerprint density at radius 3 is 2.62 bits per heavy atom. The van der Waals surface area contributed by atoms with Crippen LogP contribution in [0.5, 0.6) is 0 Å². The van der Waals surface area contributed by atoms with Gasteiger partial charge in [0, 0.05) is 18.8 Å². The van der Waals surface area contributed by atoms with Gasteiger partial charge in [-0.2, -0.15) is 5.10 Å². The molecular weight excluding hydrogens is 207 g/mol. The van der Waals surface area contributed by atoms with E-state index in [2.05, 4.69) is 5.10 Å². The Morgan fingerprint density at radius 2 is 2.06 bits per heavy atom. The van der Waals surface area contributed by atoms with Crippen molar-refractivity contribution in [2.45, 2.75) is 6.92 Å². The van der Waals surface area contributed by atoms with E-state index in [1.54, 1.807) is 30.9 Å². The third-order valence-corrected chi connectivity index (χ3v) is 2.27. The second-order valence-corrected chi connectivity index (χ2v) is 3.75. The summed E-state index contributed by atoms with van der Waals surface area (Å²) in [5.74, 6) is -0.608. The summed E-state index contributed by atoms with van der Waals surface area (Å²) in [5.41, 5.74) is 1.55. The van der Waals surface area contributed by atoms with Gasteiger partial charge in [-0.1, -0.05) is 0 Å². The molecule has 16 heavy (non-hydrogen) atoms. The van der Waals surface area contributed by atoms with E-state index in [-0.39, 0.29) is 5.78 Å². The maximum atomic E-state index is 13.1. The summed E-state index contributed by atoms with van der Waals surface area (Å²) in [7, 11) is 1.73.